The molecule has 0 unspecified atom stereocenters. The quantitative estimate of drug-likeness (QED) is 0.269. The molecule has 0 heterocycles. The number of para-hydroxylation sites is 2. The van der Waals surface area contributed by atoms with Gasteiger partial charge in [-0.1, -0.05) is 30.3 Å². The van der Waals surface area contributed by atoms with Crippen LogP contribution in [-0.4, -0.2) is 44.2 Å². The number of ether oxygens (including phenoxy) is 1. The third-order valence-corrected chi connectivity index (χ3v) is 6.35. The van der Waals surface area contributed by atoms with Gasteiger partial charge in [0.2, 0.25) is 0 Å². The number of nitro groups is 1. The van der Waals surface area contributed by atoms with Gasteiger partial charge < -0.3 is 9.84 Å². The SMILES string of the molecule is COc1cc(C=NNC(=O)CN(c2ccccc2[N+](=O)[O-])S(=O)(=O)c2ccccc2)ccc1O. The molecule has 0 saturated carbocycles. The number of aromatic hydroxyl groups is 1. The Labute approximate surface area is 195 Å². The predicted molar refractivity (Wildman–Crippen MR) is 124 cm³/mol. The van der Waals surface area contributed by atoms with Crippen molar-refractivity contribution < 1.29 is 28.0 Å². The van der Waals surface area contributed by atoms with Crippen LogP contribution in [0.2, 0.25) is 0 Å². The minimum Gasteiger partial charge on any atom is -0.504 e. The van der Waals surface area contributed by atoms with E-state index in [9.17, 15) is 28.4 Å². The molecule has 3 rings (SSSR count). The van der Waals surface area contributed by atoms with Gasteiger partial charge in [0.15, 0.2) is 11.5 Å². The number of hydrogen-bond donors (Lipinski definition) is 2. The fraction of sp³-hybridized carbons (Fsp3) is 0.0909. The number of phenolic OH excluding ortho intramolecular Hbond substituents is 1. The molecule has 176 valence electrons. The highest BCUT2D eigenvalue weighted by molar-refractivity contribution is 7.92. The lowest BCUT2D eigenvalue weighted by atomic mass is 10.2. The average molecular weight is 484 g/mol. The lowest BCUT2D eigenvalue weighted by Crippen LogP contribution is -2.39. The van der Waals surface area contributed by atoms with Crippen LogP contribution in [0, 0.1) is 10.1 Å². The fourth-order valence-electron chi connectivity index (χ4n) is 2.97. The zero-order valence-electron chi connectivity index (χ0n) is 17.9. The van der Waals surface area contributed by atoms with Crippen LogP contribution in [0.25, 0.3) is 0 Å². The van der Waals surface area contributed by atoms with E-state index in [4.69, 9.17) is 4.74 Å². The molecule has 0 radical (unpaired) electrons. The Bertz CT molecular complexity index is 1330. The number of methoxy groups -OCH3 is 1. The summed E-state index contributed by atoms with van der Waals surface area (Å²) in [6.07, 6.45) is 1.26. The van der Waals surface area contributed by atoms with Crippen LogP contribution in [0.3, 0.4) is 0 Å². The highest BCUT2D eigenvalue weighted by atomic mass is 32.2. The second-order valence-corrected chi connectivity index (χ2v) is 8.66. The Morgan fingerprint density at radius 2 is 1.82 bits per heavy atom. The van der Waals surface area contributed by atoms with Crippen LogP contribution in [-0.2, 0) is 14.8 Å². The van der Waals surface area contributed by atoms with Gasteiger partial charge in [0.05, 0.1) is 23.1 Å². The van der Waals surface area contributed by atoms with Crippen molar-refractivity contribution in [3.63, 3.8) is 0 Å². The number of phenols is 1. The summed E-state index contributed by atoms with van der Waals surface area (Å²) in [6, 6.07) is 16.9. The summed E-state index contributed by atoms with van der Waals surface area (Å²) in [5.41, 5.74) is 1.95. The van der Waals surface area contributed by atoms with E-state index in [0.29, 0.717) is 9.87 Å². The van der Waals surface area contributed by atoms with Crippen molar-refractivity contribution in [3.8, 4) is 11.5 Å². The van der Waals surface area contributed by atoms with Gasteiger partial charge in [-0.3, -0.25) is 14.9 Å². The van der Waals surface area contributed by atoms with E-state index in [-0.39, 0.29) is 22.1 Å². The smallest absolute Gasteiger partial charge is 0.293 e. The number of rotatable bonds is 9. The number of nitrogens with one attached hydrogen (secondary N) is 1. The number of nitro benzene ring substituents is 1. The van der Waals surface area contributed by atoms with E-state index < -0.39 is 33.1 Å². The number of nitrogens with zero attached hydrogens (tertiary/aromatic N) is 3. The lowest BCUT2D eigenvalue weighted by molar-refractivity contribution is -0.384. The van der Waals surface area contributed by atoms with Gasteiger partial charge in [-0.25, -0.2) is 18.1 Å². The van der Waals surface area contributed by atoms with Gasteiger partial charge in [-0.15, -0.1) is 0 Å². The van der Waals surface area contributed by atoms with Crippen LogP contribution >= 0.6 is 0 Å². The van der Waals surface area contributed by atoms with Gasteiger partial charge in [0.1, 0.15) is 12.2 Å². The maximum atomic E-state index is 13.3. The molecule has 0 atom stereocenters. The van der Waals surface area contributed by atoms with E-state index in [1.54, 1.807) is 6.07 Å². The van der Waals surface area contributed by atoms with Crippen molar-refractivity contribution in [2.75, 3.05) is 18.0 Å². The van der Waals surface area contributed by atoms with E-state index in [2.05, 4.69) is 10.5 Å². The summed E-state index contributed by atoms with van der Waals surface area (Å²) < 4.78 is 32.2. The Morgan fingerprint density at radius 3 is 2.50 bits per heavy atom. The molecule has 0 aliphatic heterocycles. The first kappa shape index (κ1) is 24.2. The number of benzene rings is 3. The van der Waals surface area contributed by atoms with E-state index in [1.165, 1.54) is 74.0 Å². The number of carbonyl (C=O) groups is 1. The van der Waals surface area contributed by atoms with Crippen molar-refractivity contribution in [3.05, 3.63) is 88.5 Å². The van der Waals surface area contributed by atoms with Gasteiger partial charge in [-0.2, -0.15) is 5.10 Å². The molecule has 0 bridgehead atoms. The zero-order valence-corrected chi connectivity index (χ0v) is 18.7. The number of anilines is 1. The van der Waals surface area contributed by atoms with Crippen LogP contribution in [0.15, 0.2) is 82.8 Å². The second kappa shape index (κ2) is 10.4. The lowest BCUT2D eigenvalue weighted by Gasteiger charge is -2.23. The fourth-order valence-corrected chi connectivity index (χ4v) is 4.42. The maximum absolute atomic E-state index is 13.3. The molecule has 0 saturated heterocycles. The summed E-state index contributed by atoms with van der Waals surface area (Å²) in [4.78, 5) is 23.2. The summed E-state index contributed by atoms with van der Waals surface area (Å²) in [5, 5.41) is 24.9. The Hall–Kier alpha value is -4.45. The van der Waals surface area contributed by atoms with E-state index >= 15 is 0 Å². The van der Waals surface area contributed by atoms with E-state index in [0.717, 1.165) is 6.07 Å². The topological polar surface area (TPSA) is 151 Å². The number of sulfonamides is 1. The monoisotopic (exact) mass is 484 g/mol. The van der Waals surface area contributed by atoms with Crippen molar-refractivity contribution in [1.82, 2.24) is 5.43 Å². The number of hydrazone groups is 1. The molecule has 1 amide bonds. The molecule has 0 aliphatic carbocycles. The minimum absolute atomic E-state index is 0.0742. The molecular formula is C22H20N4O7S. The van der Waals surface area contributed by atoms with Crippen LogP contribution in [0.1, 0.15) is 5.56 Å². The summed E-state index contributed by atoms with van der Waals surface area (Å²) in [6.45, 7) is -0.766. The summed E-state index contributed by atoms with van der Waals surface area (Å²) in [7, 11) is -2.95. The summed E-state index contributed by atoms with van der Waals surface area (Å²) >= 11 is 0. The minimum atomic E-state index is -4.32. The molecule has 2 N–H and O–H groups in total. The molecular weight excluding hydrogens is 464 g/mol. The van der Waals surface area contributed by atoms with E-state index in [1.807, 2.05) is 0 Å². The van der Waals surface area contributed by atoms with Crippen LogP contribution in [0.4, 0.5) is 11.4 Å². The van der Waals surface area contributed by atoms with Gasteiger partial charge in [-0.05, 0) is 42.0 Å². The maximum Gasteiger partial charge on any atom is 0.293 e. The molecule has 0 aromatic heterocycles. The van der Waals surface area contributed by atoms with Gasteiger partial charge >= 0.3 is 0 Å². The highest BCUT2D eigenvalue weighted by Crippen LogP contribution is 2.32. The third kappa shape index (κ3) is 5.48. The Kier molecular flexibility index (Phi) is 7.43. The zero-order chi connectivity index (χ0) is 24.7. The number of hydrogen-bond acceptors (Lipinski definition) is 8. The van der Waals surface area contributed by atoms with Crippen LogP contribution in [0.5, 0.6) is 11.5 Å². The largest absolute Gasteiger partial charge is 0.504 e. The van der Waals surface area contributed by atoms with Gasteiger partial charge in [0, 0.05) is 6.07 Å². The average Bonchev–Trinajstić information content (AvgIpc) is 2.84. The van der Waals surface area contributed by atoms with Crippen molar-refractivity contribution in [2.24, 2.45) is 5.10 Å². The molecule has 0 fully saturated rings. The molecule has 0 spiro atoms. The molecule has 3 aromatic rings. The van der Waals surface area contributed by atoms with Crippen molar-refractivity contribution in [1.29, 1.82) is 0 Å². The summed E-state index contributed by atoms with van der Waals surface area (Å²) in [5.74, 6) is -0.707. The molecule has 0 aliphatic rings. The van der Waals surface area contributed by atoms with Gasteiger partial charge in [0.25, 0.3) is 21.6 Å². The first-order valence-corrected chi connectivity index (χ1v) is 11.2. The number of amides is 1. The third-order valence-electron chi connectivity index (χ3n) is 4.57. The Balaban J connectivity index is 1.89. The van der Waals surface area contributed by atoms with Crippen molar-refractivity contribution in [2.45, 2.75) is 4.90 Å². The predicted octanol–water partition coefficient (Wildman–Crippen LogP) is 2.65. The molecule has 3 aromatic carbocycles. The Morgan fingerprint density at radius 1 is 1.15 bits per heavy atom. The van der Waals surface area contributed by atoms with Crippen molar-refractivity contribution >= 4 is 33.5 Å². The molecule has 34 heavy (non-hydrogen) atoms. The standard InChI is InChI=1S/C22H20N4O7S/c1-33-21-13-16(11-12-20(21)27)14-23-24-22(28)15-25(18-9-5-6-10-19(18)26(29)30)34(31,32)17-7-3-2-4-8-17/h2-14,27H,15H2,1H3,(H,24,28). The first-order chi connectivity index (χ1) is 16.2. The highest BCUT2D eigenvalue weighted by Gasteiger charge is 2.31. The second-order valence-electron chi connectivity index (χ2n) is 6.80. The first-order valence-electron chi connectivity index (χ1n) is 9.74. The molecule has 11 nitrogen and oxygen atoms in total. The normalized spacial score (nSPS) is 11.2. The van der Waals surface area contributed by atoms with Crippen LogP contribution < -0.4 is 14.5 Å². The molecule has 12 heteroatoms. The number of carbonyl (C=O) groups excluding carboxylic acids is 1.